The standard InChI is InChI=1S/C16H26N4O3S/c1-16(2,3)23-15(22)20-10-12(11-20)18-5-7-19(8-6-18)14(21)13-17-4-9-24-13/h4,9,12,14,21H,5-8,10-11H2,1-3H3. The number of ether oxygens (including phenoxy) is 1. The number of hydrogen-bond acceptors (Lipinski definition) is 7. The van der Waals surface area contributed by atoms with Crippen molar-refractivity contribution in [2.24, 2.45) is 0 Å². The molecule has 2 fully saturated rings. The second-order valence-corrected chi connectivity index (χ2v) is 8.28. The number of aliphatic hydroxyl groups excluding tert-OH is 1. The van der Waals surface area contributed by atoms with Crippen LogP contribution in [0.2, 0.25) is 0 Å². The Morgan fingerprint density at radius 3 is 2.54 bits per heavy atom. The number of carbonyl (C=O) groups is 1. The average Bonchev–Trinajstić information content (AvgIpc) is 2.98. The van der Waals surface area contributed by atoms with Gasteiger partial charge in [0.1, 0.15) is 10.6 Å². The van der Waals surface area contributed by atoms with Gasteiger partial charge in [-0.15, -0.1) is 11.3 Å². The van der Waals surface area contributed by atoms with Gasteiger partial charge in [0.15, 0.2) is 6.23 Å². The fourth-order valence-corrected chi connectivity index (χ4v) is 3.68. The Bertz CT molecular complexity index is 546. The van der Waals surface area contributed by atoms with E-state index in [0.717, 1.165) is 44.3 Å². The van der Waals surface area contributed by atoms with Crippen molar-refractivity contribution in [3.05, 3.63) is 16.6 Å². The zero-order chi connectivity index (χ0) is 17.3. The van der Waals surface area contributed by atoms with Gasteiger partial charge in [-0.05, 0) is 20.8 Å². The highest BCUT2D eigenvalue weighted by Gasteiger charge is 2.38. The first-order valence-corrected chi connectivity index (χ1v) is 9.25. The largest absolute Gasteiger partial charge is 0.444 e. The maximum absolute atomic E-state index is 12.0. The molecule has 134 valence electrons. The molecule has 0 radical (unpaired) electrons. The maximum Gasteiger partial charge on any atom is 0.410 e. The van der Waals surface area contributed by atoms with E-state index >= 15 is 0 Å². The number of likely N-dealkylation sites (tertiary alicyclic amines) is 1. The van der Waals surface area contributed by atoms with E-state index in [4.69, 9.17) is 4.74 Å². The second kappa shape index (κ2) is 6.95. The van der Waals surface area contributed by atoms with Crippen LogP contribution in [-0.2, 0) is 4.74 Å². The summed E-state index contributed by atoms with van der Waals surface area (Å²) in [6.07, 6.45) is 0.891. The molecule has 0 bridgehead atoms. The van der Waals surface area contributed by atoms with Gasteiger partial charge in [-0.1, -0.05) is 0 Å². The predicted molar refractivity (Wildman–Crippen MR) is 91.8 cm³/mol. The molecular weight excluding hydrogens is 328 g/mol. The van der Waals surface area contributed by atoms with Crippen molar-refractivity contribution in [3.8, 4) is 0 Å². The second-order valence-electron chi connectivity index (χ2n) is 7.36. The summed E-state index contributed by atoms with van der Waals surface area (Å²) < 4.78 is 5.39. The van der Waals surface area contributed by atoms with Crippen LogP contribution in [0, 0.1) is 0 Å². The summed E-state index contributed by atoms with van der Waals surface area (Å²) in [4.78, 5) is 22.4. The Kier molecular flexibility index (Phi) is 5.10. The van der Waals surface area contributed by atoms with Gasteiger partial charge in [-0.3, -0.25) is 9.80 Å². The van der Waals surface area contributed by atoms with Crippen molar-refractivity contribution >= 4 is 17.4 Å². The average molecular weight is 354 g/mol. The quantitative estimate of drug-likeness (QED) is 0.884. The van der Waals surface area contributed by atoms with Gasteiger partial charge in [0, 0.05) is 56.9 Å². The van der Waals surface area contributed by atoms with E-state index in [1.165, 1.54) is 11.3 Å². The minimum absolute atomic E-state index is 0.225. The van der Waals surface area contributed by atoms with Crippen LogP contribution in [0.5, 0.6) is 0 Å². The third kappa shape index (κ3) is 4.05. The number of hydrogen-bond donors (Lipinski definition) is 1. The van der Waals surface area contributed by atoms with E-state index in [-0.39, 0.29) is 6.09 Å². The SMILES string of the molecule is CC(C)(C)OC(=O)N1CC(N2CCN(C(O)c3nccs3)CC2)C1. The van der Waals surface area contributed by atoms with Gasteiger partial charge in [-0.25, -0.2) is 9.78 Å². The molecule has 3 rings (SSSR count). The molecule has 0 spiro atoms. The number of carbonyl (C=O) groups excluding carboxylic acids is 1. The molecule has 1 aromatic rings. The highest BCUT2D eigenvalue weighted by atomic mass is 32.1. The Morgan fingerprint density at radius 2 is 2.00 bits per heavy atom. The van der Waals surface area contributed by atoms with Crippen molar-refractivity contribution in [1.82, 2.24) is 19.7 Å². The molecule has 1 amide bonds. The van der Waals surface area contributed by atoms with Crippen LogP contribution in [0.1, 0.15) is 32.0 Å². The number of aliphatic hydroxyl groups is 1. The Labute approximate surface area is 146 Å². The first kappa shape index (κ1) is 17.6. The van der Waals surface area contributed by atoms with Crippen LogP contribution < -0.4 is 0 Å². The molecule has 1 N–H and O–H groups in total. The molecule has 8 heteroatoms. The lowest BCUT2D eigenvalue weighted by Crippen LogP contribution is -2.64. The van der Waals surface area contributed by atoms with Crippen LogP contribution in [0.25, 0.3) is 0 Å². The van der Waals surface area contributed by atoms with E-state index in [2.05, 4.69) is 14.8 Å². The Morgan fingerprint density at radius 1 is 1.33 bits per heavy atom. The molecule has 3 heterocycles. The number of thiazole rings is 1. The van der Waals surface area contributed by atoms with Gasteiger partial charge in [0.05, 0.1) is 0 Å². The molecule has 0 aromatic carbocycles. The third-order valence-corrected chi connectivity index (χ3v) is 5.21. The fourth-order valence-electron chi connectivity index (χ4n) is 3.03. The molecule has 1 unspecified atom stereocenters. The number of rotatable bonds is 3. The van der Waals surface area contributed by atoms with E-state index in [0.29, 0.717) is 6.04 Å². The fraction of sp³-hybridized carbons (Fsp3) is 0.750. The topological polar surface area (TPSA) is 69.1 Å². The highest BCUT2D eigenvalue weighted by molar-refractivity contribution is 7.09. The lowest BCUT2D eigenvalue weighted by atomic mass is 10.1. The molecule has 0 saturated carbocycles. The van der Waals surface area contributed by atoms with Crippen molar-refractivity contribution < 1.29 is 14.6 Å². The van der Waals surface area contributed by atoms with E-state index in [1.807, 2.05) is 26.2 Å². The zero-order valence-electron chi connectivity index (χ0n) is 14.5. The summed E-state index contributed by atoms with van der Waals surface area (Å²) in [5.41, 5.74) is -0.445. The zero-order valence-corrected chi connectivity index (χ0v) is 15.3. The molecule has 7 nitrogen and oxygen atoms in total. The smallest absolute Gasteiger partial charge is 0.410 e. The summed E-state index contributed by atoms with van der Waals surface area (Å²) in [5, 5.41) is 13.0. The number of aromatic nitrogens is 1. The first-order chi connectivity index (χ1) is 11.3. The summed E-state index contributed by atoms with van der Waals surface area (Å²) in [6.45, 7) is 10.5. The predicted octanol–water partition coefficient (Wildman–Crippen LogP) is 1.37. The molecule has 2 aliphatic rings. The van der Waals surface area contributed by atoms with Gasteiger partial charge in [-0.2, -0.15) is 0 Å². The molecule has 2 saturated heterocycles. The van der Waals surface area contributed by atoms with Gasteiger partial charge >= 0.3 is 6.09 Å². The molecule has 1 atom stereocenters. The summed E-state index contributed by atoms with van der Waals surface area (Å²) in [5.74, 6) is 0. The number of nitrogens with zero attached hydrogens (tertiary/aromatic N) is 4. The summed E-state index contributed by atoms with van der Waals surface area (Å²) >= 11 is 1.48. The summed E-state index contributed by atoms with van der Waals surface area (Å²) in [6, 6.07) is 0.400. The van der Waals surface area contributed by atoms with Crippen molar-refractivity contribution in [1.29, 1.82) is 0 Å². The van der Waals surface area contributed by atoms with Crippen LogP contribution in [0.4, 0.5) is 4.79 Å². The monoisotopic (exact) mass is 354 g/mol. The third-order valence-electron chi connectivity index (χ3n) is 4.40. The van der Waals surface area contributed by atoms with Crippen molar-refractivity contribution in [2.45, 2.75) is 38.6 Å². The first-order valence-electron chi connectivity index (χ1n) is 8.37. The minimum Gasteiger partial charge on any atom is -0.444 e. The van der Waals surface area contributed by atoms with E-state index in [9.17, 15) is 9.90 Å². The van der Waals surface area contributed by atoms with Crippen LogP contribution >= 0.6 is 11.3 Å². The number of amides is 1. The van der Waals surface area contributed by atoms with Gasteiger partial charge in [0.2, 0.25) is 0 Å². The molecular formula is C16H26N4O3S. The molecule has 1 aromatic heterocycles. The van der Waals surface area contributed by atoms with Crippen LogP contribution in [0.15, 0.2) is 11.6 Å². The van der Waals surface area contributed by atoms with E-state index < -0.39 is 11.8 Å². The van der Waals surface area contributed by atoms with Crippen molar-refractivity contribution in [2.75, 3.05) is 39.3 Å². The van der Waals surface area contributed by atoms with E-state index in [1.54, 1.807) is 11.1 Å². The Hall–Kier alpha value is -1.22. The van der Waals surface area contributed by atoms with Crippen LogP contribution in [-0.4, -0.2) is 81.8 Å². The van der Waals surface area contributed by atoms with Gasteiger partial charge < -0.3 is 14.7 Å². The minimum atomic E-state index is -0.605. The molecule has 24 heavy (non-hydrogen) atoms. The van der Waals surface area contributed by atoms with Crippen LogP contribution in [0.3, 0.4) is 0 Å². The van der Waals surface area contributed by atoms with Gasteiger partial charge in [0.25, 0.3) is 0 Å². The lowest BCUT2D eigenvalue weighted by molar-refractivity contribution is -0.0573. The lowest BCUT2D eigenvalue weighted by Gasteiger charge is -2.48. The summed E-state index contributed by atoms with van der Waals surface area (Å²) in [7, 11) is 0. The molecule has 0 aliphatic carbocycles. The molecule has 2 aliphatic heterocycles. The Balaban J connectivity index is 1.41. The number of piperazine rings is 1. The highest BCUT2D eigenvalue weighted by Crippen LogP contribution is 2.24. The maximum atomic E-state index is 12.0. The van der Waals surface area contributed by atoms with Crippen molar-refractivity contribution in [3.63, 3.8) is 0 Å². The normalized spacial score (nSPS) is 22.2.